The molecule has 1 atom stereocenters. The quantitative estimate of drug-likeness (QED) is 0.881. The van der Waals surface area contributed by atoms with Crippen molar-refractivity contribution >= 4 is 34.4 Å². The lowest BCUT2D eigenvalue weighted by molar-refractivity contribution is -0.143. The van der Waals surface area contributed by atoms with Crippen molar-refractivity contribution in [3.05, 3.63) is 35.0 Å². The van der Waals surface area contributed by atoms with Gasteiger partial charge in [-0.1, -0.05) is 29.8 Å². The number of benzene rings is 1. The molecule has 0 radical (unpaired) electrons. The number of hydrogen-bond donors (Lipinski definition) is 1. The van der Waals surface area contributed by atoms with Crippen LogP contribution in [-0.4, -0.2) is 29.6 Å². The van der Waals surface area contributed by atoms with Crippen molar-refractivity contribution in [3.63, 3.8) is 0 Å². The third-order valence-electron chi connectivity index (χ3n) is 4.10. The minimum Gasteiger partial charge on any atom is -0.467 e. The average Bonchev–Trinajstić information content (AvgIpc) is 3.33. The number of rotatable bonds is 4. The van der Waals surface area contributed by atoms with Crippen molar-refractivity contribution < 1.29 is 14.3 Å². The van der Waals surface area contributed by atoms with Crippen LogP contribution in [0.4, 0.5) is 0 Å². The summed E-state index contributed by atoms with van der Waals surface area (Å²) in [6.07, 6.45) is 1.84. The first-order valence-electron chi connectivity index (χ1n) is 7.16. The van der Waals surface area contributed by atoms with E-state index in [2.05, 4.69) is 5.32 Å². The van der Waals surface area contributed by atoms with E-state index in [9.17, 15) is 9.59 Å². The van der Waals surface area contributed by atoms with Gasteiger partial charge in [-0.15, -0.1) is 0 Å². The van der Waals surface area contributed by atoms with Gasteiger partial charge < -0.3 is 14.6 Å². The SMILES string of the molecule is COC(=O)C(NC(=O)c1c(Cl)c2ccccc2n1C)C1CC1. The molecule has 1 unspecified atom stereocenters. The van der Waals surface area contributed by atoms with Crippen molar-refractivity contribution in [2.24, 2.45) is 13.0 Å². The largest absolute Gasteiger partial charge is 0.467 e. The topological polar surface area (TPSA) is 60.3 Å². The standard InChI is InChI=1S/C16H17ClN2O3/c1-19-11-6-4-3-5-10(11)12(17)14(19)15(20)18-13(9-7-8-9)16(21)22-2/h3-6,9,13H,7-8H2,1-2H3,(H,18,20). The molecular weight excluding hydrogens is 304 g/mol. The van der Waals surface area contributed by atoms with Gasteiger partial charge in [-0.25, -0.2) is 4.79 Å². The second-order valence-electron chi connectivity index (χ2n) is 5.55. The highest BCUT2D eigenvalue weighted by atomic mass is 35.5. The zero-order valence-electron chi connectivity index (χ0n) is 12.4. The van der Waals surface area contributed by atoms with Crippen LogP contribution in [0.15, 0.2) is 24.3 Å². The smallest absolute Gasteiger partial charge is 0.328 e. The summed E-state index contributed by atoms with van der Waals surface area (Å²) in [6.45, 7) is 0. The number of fused-ring (bicyclic) bond motifs is 1. The molecule has 2 aromatic rings. The third kappa shape index (κ3) is 2.46. The van der Waals surface area contributed by atoms with Gasteiger partial charge in [0.25, 0.3) is 5.91 Å². The molecule has 1 aliphatic rings. The minimum absolute atomic E-state index is 0.157. The van der Waals surface area contributed by atoms with E-state index in [4.69, 9.17) is 16.3 Å². The molecule has 5 nitrogen and oxygen atoms in total. The minimum atomic E-state index is -0.605. The second-order valence-corrected chi connectivity index (χ2v) is 5.93. The van der Waals surface area contributed by atoms with Crippen LogP contribution in [0, 0.1) is 5.92 Å². The van der Waals surface area contributed by atoms with Gasteiger partial charge in [0.2, 0.25) is 0 Å². The number of ether oxygens (including phenoxy) is 1. The molecule has 1 aromatic heterocycles. The summed E-state index contributed by atoms with van der Waals surface area (Å²) < 4.78 is 6.52. The maximum Gasteiger partial charge on any atom is 0.328 e. The number of carbonyl (C=O) groups is 2. The van der Waals surface area contributed by atoms with Crippen molar-refractivity contribution in [1.82, 2.24) is 9.88 Å². The lowest BCUT2D eigenvalue weighted by Crippen LogP contribution is -2.43. The Morgan fingerprint density at radius 1 is 1.36 bits per heavy atom. The molecule has 6 heteroatoms. The number of esters is 1. The molecule has 22 heavy (non-hydrogen) atoms. The molecule has 1 aliphatic carbocycles. The highest BCUT2D eigenvalue weighted by molar-refractivity contribution is 6.38. The maximum atomic E-state index is 12.6. The van der Waals surface area contributed by atoms with Gasteiger partial charge in [0.1, 0.15) is 11.7 Å². The van der Waals surface area contributed by atoms with E-state index >= 15 is 0 Å². The van der Waals surface area contributed by atoms with E-state index in [0.29, 0.717) is 10.7 Å². The van der Waals surface area contributed by atoms with Crippen LogP contribution in [-0.2, 0) is 16.6 Å². The summed E-state index contributed by atoms with van der Waals surface area (Å²) in [4.78, 5) is 24.4. The summed E-state index contributed by atoms with van der Waals surface area (Å²) >= 11 is 6.35. The number of amides is 1. The number of aromatic nitrogens is 1. The van der Waals surface area contributed by atoms with Gasteiger partial charge in [-0.2, -0.15) is 0 Å². The Balaban J connectivity index is 1.93. The number of carbonyl (C=O) groups excluding carboxylic acids is 2. The van der Waals surface area contributed by atoms with E-state index in [1.165, 1.54) is 7.11 Å². The van der Waals surface area contributed by atoms with Gasteiger partial charge in [0, 0.05) is 18.0 Å². The molecule has 1 aromatic carbocycles. The van der Waals surface area contributed by atoms with E-state index in [0.717, 1.165) is 23.7 Å². The first-order chi connectivity index (χ1) is 10.5. The molecule has 0 spiro atoms. The van der Waals surface area contributed by atoms with Crippen LogP contribution in [0.3, 0.4) is 0 Å². The Morgan fingerprint density at radius 3 is 2.64 bits per heavy atom. The summed E-state index contributed by atoms with van der Waals surface area (Å²) in [7, 11) is 3.11. The number of nitrogens with zero attached hydrogens (tertiary/aromatic N) is 1. The molecule has 1 N–H and O–H groups in total. The summed E-state index contributed by atoms with van der Waals surface area (Å²) in [5.74, 6) is -0.610. The fourth-order valence-electron chi connectivity index (χ4n) is 2.73. The molecule has 116 valence electrons. The fourth-order valence-corrected chi connectivity index (χ4v) is 3.11. The molecular formula is C16H17ClN2O3. The van der Waals surface area contributed by atoms with Crippen molar-refractivity contribution in [2.75, 3.05) is 7.11 Å². The predicted octanol–water partition coefficient (Wildman–Crippen LogP) is 2.51. The number of nitrogens with one attached hydrogen (secondary N) is 1. The van der Waals surface area contributed by atoms with Gasteiger partial charge in [0.15, 0.2) is 0 Å². The number of methoxy groups -OCH3 is 1. The van der Waals surface area contributed by atoms with E-state index in [1.807, 2.05) is 24.3 Å². The van der Waals surface area contributed by atoms with Gasteiger partial charge in [-0.05, 0) is 24.8 Å². The van der Waals surface area contributed by atoms with E-state index < -0.39 is 12.0 Å². The summed E-state index contributed by atoms with van der Waals surface area (Å²) in [6, 6.07) is 6.93. The van der Waals surface area contributed by atoms with E-state index in [-0.39, 0.29) is 11.8 Å². The number of hydrogen-bond acceptors (Lipinski definition) is 3. The Bertz CT molecular complexity index is 710. The molecule has 1 amide bonds. The molecule has 1 saturated carbocycles. The molecule has 0 bridgehead atoms. The normalized spacial score (nSPS) is 15.6. The first-order valence-corrected chi connectivity index (χ1v) is 7.54. The molecule has 3 rings (SSSR count). The third-order valence-corrected chi connectivity index (χ3v) is 4.48. The molecule has 1 heterocycles. The zero-order valence-corrected chi connectivity index (χ0v) is 13.2. The second kappa shape index (κ2) is 5.65. The molecule has 0 aliphatic heterocycles. The lowest BCUT2D eigenvalue weighted by atomic mass is 10.2. The number of aryl methyl sites for hydroxylation is 1. The van der Waals surface area contributed by atoms with E-state index in [1.54, 1.807) is 11.6 Å². The fraction of sp³-hybridized carbons (Fsp3) is 0.375. The molecule has 0 saturated heterocycles. The Hall–Kier alpha value is -2.01. The van der Waals surface area contributed by atoms with Crippen molar-refractivity contribution in [2.45, 2.75) is 18.9 Å². The van der Waals surface area contributed by atoms with Crippen LogP contribution < -0.4 is 5.32 Å². The van der Waals surface area contributed by atoms with Gasteiger partial charge >= 0.3 is 5.97 Å². The highest BCUT2D eigenvalue weighted by Crippen LogP contribution is 2.34. The van der Waals surface area contributed by atoms with Crippen LogP contribution in [0.1, 0.15) is 23.3 Å². The Morgan fingerprint density at radius 2 is 2.05 bits per heavy atom. The number of halogens is 1. The van der Waals surface area contributed by atoms with Crippen LogP contribution in [0.5, 0.6) is 0 Å². The monoisotopic (exact) mass is 320 g/mol. The van der Waals surface area contributed by atoms with Crippen molar-refractivity contribution in [1.29, 1.82) is 0 Å². The molecule has 1 fully saturated rings. The number of para-hydroxylation sites is 1. The van der Waals surface area contributed by atoms with Gasteiger partial charge in [0.05, 0.1) is 12.1 Å². The van der Waals surface area contributed by atoms with Crippen molar-refractivity contribution in [3.8, 4) is 0 Å². The predicted molar refractivity (Wildman–Crippen MR) is 83.9 cm³/mol. The maximum absolute atomic E-state index is 12.6. The zero-order chi connectivity index (χ0) is 15.9. The Kier molecular flexibility index (Phi) is 3.83. The van der Waals surface area contributed by atoms with Crippen LogP contribution in [0.25, 0.3) is 10.9 Å². The first kappa shape index (κ1) is 14.9. The summed E-state index contributed by atoms with van der Waals surface area (Å²) in [5, 5.41) is 3.99. The Labute approximate surface area is 133 Å². The van der Waals surface area contributed by atoms with Gasteiger partial charge in [-0.3, -0.25) is 4.79 Å². The lowest BCUT2D eigenvalue weighted by Gasteiger charge is -2.16. The summed E-state index contributed by atoms with van der Waals surface area (Å²) in [5.41, 5.74) is 1.23. The van der Waals surface area contributed by atoms with Crippen LogP contribution in [0.2, 0.25) is 5.02 Å². The van der Waals surface area contributed by atoms with Crippen LogP contribution >= 0.6 is 11.6 Å². The highest BCUT2D eigenvalue weighted by Gasteiger charge is 2.38. The average molecular weight is 321 g/mol.